The Morgan fingerprint density at radius 3 is 2.70 bits per heavy atom. The van der Waals surface area contributed by atoms with Crippen LogP contribution in [0.5, 0.6) is 0 Å². The molecule has 1 aromatic carbocycles. The Balaban J connectivity index is 1.42. The molecule has 5 aromatic rings. The van der Waals surface area contributed by atoms with E-state index in [9.17, 15) is 0 Å². The first-order valence-electron chi connectivity index (χ1n) is 9.40. The summed E-state index contributed by atoms with van der Waals surface area (Å²) >= 11 is 5.06. The molecule has 30 heavy (non-hydrogen) atoms. The van der Waals surface area contributed by atoms with E-state index in [1.54, 1.807) is 40.7 Å². The van der Waals surface area contributed by atoms with Gasteiger partial charge in [-0.3, -0.25) is 4.57 Å². The Kier molecular flexibility index (Phi) is 5.52. The number of aryl methyl sites for hydroxylation is 1. The third-order valence-corrected chi connectivity index (χ3v) is 7.56. The van der Waals surface area contributed by atoms with Crippen LogP contribution in [0.4, 0.5) is 0 Å². The van der Waals surface area contributed by atoms with E-state index in [1.165, 1.54) is 10.4 Å². The summed E-state index contributed by atoms with van der Waals surface area (Å²) in [5.41, 5.74) is 3.23. The van der Waals surface area contributed by atoms with E-state index in [1.807, 2.05) is 19.1 Å². The minimum atomic E-state index is 0.702. The lowest BCUT2D eigenvalue weighted by Crippen LogP contribution is -2.04. The molecule has 0 bridgehead atoms. The monoisotopic (exact) mass is 450 g/mol. The van der Waals surface area contributed by atoms with Crippen molar-refractivity contribution in [2.24, 2.45) is 0 Å². The number of aromatic nitrogens is 4. The maximum Gasteiger partial charge on any atom is 0.192 e. The zero-order valence-corrected chi connectivity index (χ0v) is 18.6. The first-order chi connectivity index (χ1) is 14.8. The Morgan fingerprint density at radius 2 is 1.93 bits per heavy atom. The Bertz CT molecular complexity index is 1240. The second-order valence-electron chi connectivity index (χ2n) is 6.68. The minimum absolute atomic E-state index is 0.702. The molecule has 0 fully saturated rings. The lowest BCUT2D eigenvalue weighted by atomic mass is 10.2. The van der Waals surface area contributed by atoms with E-state index in [0.717, 1.165) is 38.8 Å². The van der Waals surface area contributed by atoms with Gasteiger partial charge in [0.1, 0.15) is 10.8 Å². The fourth-order valence-corrected chi connectivity index (χ4v) is 5.72. The number of thiazole rings is 1. The van der Waals surface area contributed by atoms with Gasteiger partial charge in [0.25, 0.3) is 0 Å². The van der Waals surface area contributed by atoms with Gasteiger partial charge in [0, 0.05) is 11.1 Å². The Hall–Kier alpha value is -2.68. The van der Waals surface area contributed by atoms with Gasteiger partial charge in [-0.2, -0.15) is 0 Å². The topological polar surface area (TPSA) is 56.7 Å². The van der Waals surface area contributed by atoms with Crippen LogP contribution in [0.1, 0.15) is 17.0 Å². The lowest BCUT2D eigenvalue weighted by molar-refractivity contribution is 0.534. The number of hydrogen-bond acceptors (Lipinski definition) is 7. The largest absolute Gasteiger partial charge is 0.469 e. The average molecular weight is 451 g/mol. The molecule has 8 heteroatoms. The average Bonchev–Trinajstić information content (AvgIpc) is 3.55. The fraction of sp³-hybridized carbons (Fsp3) is 0.136. The molecule has 0 aliphatic rings. The van der Waals surface area contributed by atoms with Gasteiger partial charge in [-0.15, -0.1) is 32.9 Å². The van der Waals surface area contributed by atoms with Gasteiger partial charge in [-0.1, -0.05) is 48.2 Å². The van der Waals surface area contributed by atoms with Crippen LogP contribution in [-0.2, 0) is 12.3 Å². The maximum absolute atomic E-state index is 5.51. The summed E-state index contributed by atoms with van der Waals surface area (Å²) in [7, 11) is 0. The summed E-state index contributed by atoms with van der Waals surface area (Å²) in [5.74, 6) is 2.41. The lowest BCUT2D eigenvalue weighted by Gasteiger charge is -2.10. The van der Waals surface area contributed by atoms with Crippen LogP contribution in [0.25, 0.3) is 21.3 Å². The molecule has 5 rings (SSSR count). The van der Waals surface area contributed by atoms with Crippen molar-refractivity contribution in [3.05, 3.63) is 82.6 Å². The maximum atomic E-state index is 5.51. The summed E-state index contributed by atoms with van der Waals surface area (Å²) in [4.78, 5) is 6.00. The number of benzene rings is 1. The van der Waals surface area contributed by atoms with Crippen molar-refractivity contribution in [3.63, 3.8) is 0 Å². The molecule has 0 aliphatic heterocycles. The first kappa shape index (κ1) is 19.3. The van der Waals surface area contributed by atoms with E-state index < -0.39 is 0 Å². The SMILES string of the molecule is Cc1occc1-c1nnc(SCc2csc(-c3cccs3)n2)n1Cc1ccccc1. The van der Waals surface area contributed by atoms with Crippen LogP contribution in [0.2, 0.25) is 0 Å². The predicted molar refractivity (Wildman–Crippen MR) is 123 cm³/mol. The van der Waals surface area contributed by atoms with Gasteiger partial charge >= 0.3 is 0 Å². The number of rotatable bonds is 7. The molecular weight excluding hydrogens is 432 g/mol. The third kappa shape index (κ3) is 3.98. The van der Waals surface area contributed by atoms with Gasteiger partial charge < -0.3 is 4.42 Å². The molecule has 0 amide bonds. The van der Waals surface area contributed by atoms with Crippen LogP contribution in [-0.4, -0.2) is 19.7 Å². The Morgan fingerprint density at radius 1 is 1.03 bits per heavy atom. The summed E-state index contributed by atoms with van der Waals surface area (Å²) in [6, 6.07) is 16.5. The summed E-state index contributed by atoms with van der Waals surface area (Å²) in [6.45, 7) is 2.65. The van der Waals surface area contributed by atoms with E-state index in [-0.39, 0.29) is 0 Å². The molecule has 0 spiro atoms. The molecule has 5 nitrogen and oxygen atoms in total. The highest BCUT2D eigenvalue weighted by molar-refractivity contribution is 7.98. The number of furan rings is 1. The molecule has 0 saturated heterocycles. The highest BCUT2D eigenvalue weighted by Gasteiger charge is 2.18. The zero-order chi connectivity index (χ0) is 20.3. The van der Waals surface area contributed by atoms with Crippen molar-refractivity contribution < 1.29 is 4.42 Å². The van der Waals surface area contributed by atoms with E-state index in [4.69, 9.17) is 9.40 Å². The number of thiophene rings is 1. The van der Waals surface area contributed by atoms with Gasteiger partial charge in [0.2, 0.25) is 0 Å². The summed E-state index contributed by atoms with van der Waals surface area (Å²) in [5, 5.41) is 15.1. The molecule has 0 radical (unpaired) electrons. The van der Waals surface area contributed by atoms with Crippen LogP contribution < -0.4 is 0 Å². The molecule has 4 aromatic heterocycles. The van der Waals surface area contributed by atoms with Gasteiger partial charge in [0.05, 0.1) is 28.9 Å². The molecule has 0 saturated carbocycles. The molecule has 0 N–H and O–H groups in total. The van der Waals surface area contributed by atoms with Gasteiger partial charge in [0.15, 0.2) is 11.0 Å². The smallest absolute Gasteiger partial charge is 0.192 e. The molecule has 150 valence electrons. The predicted octanol–water partition coefficient (Wildman–Crippen LogP) is 6.37. The molecule has 4 heterocycles. The molecule has 0 aliphatic carbocycles. The van der Waals surface area contributed by atoms with Crippen LogP contribution >= 0.6 is 34.4 Å². The quantitative estimate of drug-likeness (QED) is 0.270. The fourth-order valence-electron chi connectivity index (χ4n) is 3.15. The zero-order valence-electron chi connectivity index (χ0n) is 16.2. The molecule has 0 atom stereocenters. The molecular formula is C22H18N4OS3. The third-order valence-electron chi connectivity index (χ3n) is 4.63. The van der Waals surface area contributed by atoms with Crippen LogP contribution in [0.3, 0.4) is 0 Å². The van der Waals surface area contributed by atoms with Gasteiger partial charge in [-0.25, -0.2) is 4.98 Å². The van der Waals surface area contributed by atoms with Crippen molar-refractivity contribution in [1.29, 1.82) is 0 Å². The van der Waals surface area contributed by atoms with Crippen molar-refractivity contribution in [2.45, 2.75) is 24.4 Å². The van der Waals surface area contributed by atoms with Crippen molar-refractivity contribution >= 4 is 34.4 Å². The Labute approximate surface area is 186 Å². The van der Waals surface area contributed by atoms with Crippen LogP contribution in [0.15, 0.2) is 75.1 Å². The number of hydrogen-bond donors (Lipinski definition) is 0. The van der Waals surface area contributed by atoms with E-state index >= 15 is 0 Å². The second kappa shape index (κ2) is 8.59. The summed E-state index contributed by atoms with van der Waals surface area (Å²) in [6.07, 6.45) is 1.69. The highest BCUT2D eigenvalue weighted by Crippen LogP contribution is 2.32. The van der Waals surface area contributed by atoms with Crippen molar-refractivity contribution in [3.8, 4) is 21.3 Å². The summed E-state index contributed by atoms with van der Waals surface area (Å²) < 4.78 is 7.66. The van der Waals surface area contributed by atoms with Crippen molar-refractivity contribution in [2.75, 3.05) is 0 Å². The molecule has 0 unspecified atom stereocenters. The normalized spacial score (nSPS) is 11.2. The van der Waals surface area contributed by atoms with E-state index in [0.29, 0.717) is 6.54 Å². The second-order valence-corrected chi connectivity index (χ2v) is 9.43. The van der Waals surface area contributed by atoms with Crippen molar-refractivity contribution in [1.82, 2.24) is 19.7 Å². The number of nitrogens with zero attached hydrogens (tertiary/aromatic N) is 4. The standard InChI is InChI=1S/C22H18N4OS3/c1-15-18(9-10-27-15)20-24-25-22(26(20)12-16-6-3-2-4-7-16)30-14-17-13-29-21(23-17)19-8-5-11-28-19/h2-11,13H,12,14H2,1H3. The van der Waals surface area contributed by atoms with Gasteiger partial charge in [-0.05, 0) is 30.0 Å². The number of thioether (sulfide) groups is 1. The van der Waals surface area contributed by atoms with Crippen LogP contribution in [0, 0.1) is 6.92 Å². The first-order valence-corrected chi connectivity index (χ1v) is 12.1. The highest BCUT2D eigenvalue weighted by atomic mass is 32.2. The minimum Gasteiger partial charge on any atom is -0.469 e. The van der Waals surface area contributed by atoms with E-state index in [2.05, 4.69) is 61.9 Å².